The molecule has 0 aliphatic rings. The Morgan fingerprint density at radius 1 is 1.30 bits per heavy atom. The molecule has 106 valence electrons. The molecular weight excluding hydrogens is 270 g/mol. The fourth-order valence-electron chi connectivity index (χ4n) is 1.99. The molecule has 5 heteroatoms. The van der Waals surface area contributed by atoms with Crippen LogP contribution in [0.2, 0.25) is 0 Å². The van der Waals surface area contributed by atoms with Crippen molar-refractivity contribution in [3.8, 4) is 5.75 Å². The number of para-hydroxylation sites is 1. The first kappa shape index (κ1) is 14.8. The van der Waals surface area contributed by atoms with Crippen LogP contribution < -0.4 is 10.1 Å². The third-order valence-corrected chi connectivity index (χ3v) is 3.91. The maximum Gasteiger partial charge on any atom is 0.123 e. The van der Waals surface area contributed by atoms with Crippen LogP contribution in [0, 0.1) is 0 Å². The molecular formula is C15H19N3OS. The largest absolute Gasteiger partial charge is 0.496 e. The predicted molar refractivity (Wildman–Crippen MR) is 82.2 cm³/mol. The molecule has 0 saturated carbocycles. The van der Waals surface area contributed by atoms with E-state index in [9.17, 15) is 0 Å². The van der Waals surface area contributed by atoms with E-state index in [4.69, 9.17) is 4.74 Å². The Balaban J connectivity index is 2.10. The van der Waals surface area contributed by atoms with Crippen molar-refractivity contribution >= 4 is 11.8 Å². The Labute approximate surface area is 124 Å². The second-order valence-corrected chi connectivity index (χ2v) is 5.25. The molecule has 20 heavy (non-hydrogen) atoms. The van der Waals surface area contributed by atoms with Crippen LogP contribution in [-0.4, -0.2) is 29.4 Å². The van der Waals surface area contributed by atoms with Gasteiger partial charge in [0.2, 0.25) is 0 Å². The van der Waals surface area contributed by atoms with Crippen molar-refractivity contribution < 1.29 is 4.74 Å². The Morgan fingerprint density at radius 2 is 2.15 bits per heavy atom. The van der Waals surface area contributed by atoms with E-state index in [0.717, 1.165) is 23.1 Å². The topological polar surface area (TPSA) is 47.0 Å². The van der Waals surface area contributed by atoms with E-state index in [-0.39, 0.29) is 6.04 Å². The van der Waals surface area contributed by atoms with Crippen LogP contribution in [-0.2, 0) is 0 Å². The maximum atomic E-state index is 5.45. The smallest absolute Gasteiger partial charge is 0.123 e. The summed E-state index contributed by atoms with van der Waals surface area (Å²) in [6, 6.07) is 8.34. The van der Waals surface area contributed by atoms with Crippen molar-refractivity contribution in [2.45, 2.75) is 18.0 Å². The molecule has 2 rings (SSSR count). The summed E-state index contributed by atoms with van der Waals surface area (Å²) in [5, 5.41) is 4.43. The quantitative estimate of drug-likeness (QED) is 0.794. The van der Waals surface area contributed by atoms with Crippen LogP contribution in [0.1, 0.15) is 18.5 Å². The molecule has 1 N–H and O–H groups in total. The van der Waals surface area contributed by atoms with Gasteiger partial charge in [0.1, 0.15) is 10.8 Å². The molecule has 0 aliphatic heterocycles. The third-order valence-electron chi connectivity index (χ3n) is 2.90. The third kappa shape index (κ3) is 3.95. The number of rotatable bonds is 7. The summed E-state index contributed by atoms with van der Waals surface area (Å²) >= 11 is 1.69. The Morgan fingerprint density at radius 3 is 2.85 bits per heavy atom. The zero-order valence-corrected chi connectivity index (χ0v) is 12.6. The second kappa shape index (κ2) is 7.87. The van der Waals surface area contributed by atoms with Gasteiger partial charge in [-0.2, -0.15) is 0 Å². The lowest BCUT2D eigenvalue weighted by Crippen LogP contribution is -2.23. The van der Waals surface area contributed by atoms with Crippen molar-refractivity contribution in [1.82, 2.24) is 15.3 Å². The normalized spacial score (nSPS) is 12.1. The standard InChI is InChI=1S/C15H19N3OS/c1-3-17-13(11-20-15-10-16-8-9-18-15)12-6-4-5-7-14(12)19-2/h4-10,13,17H,3,11H2,1-2H3. The van der Waals surface area contributed by atoms with Crippen molar-refractivity contribution in [3.05, 3.63) is 48.4 Å². The molecule has 0 bridgehead atoms. The highest BCUT2D eigenvalue weighted by molar-refractivity contribution is 7.99. The van der Waals surface area contributed by atoms with Crippen LogP contribution in [0.4, 0.5) is 0 Å². The lowest BCUT2D eigenvalue weighted by Gasteiger charge is -2.20. The van der Waals surface area contributed by atoms with Gasteiger partial charge >= 0.3 is 0 Å². The minimum atomic E-state index is 0.225. The van der Waals surface area contributed by atoms with Crippen molar-refractivity contribution in [2.75, 3.05) is 19.4 Å². The maximum absolute atomic E-state index is 5.45. The average Bonchev–Trinajstić information content (AvgIpc) is 2.52. The van der Waals surface area contributed by atoms with Gasteiger partial charge in [-0.25, -0.2) is 4.98 Å². The van der Waals surface area contributed by atoms with Gasteiger partial charge in [-0.1, -0.05) is 25.1 Å². The summed E-state index contributed by atoms with van der Waals surface area (Å²) in [6.07, 6.45) is 5.19. The highest BCUT2D eigenvalue weighted by Crippen LogP contribution is 2.29. The summed E-state index contributed by atoms with van der Waals surface area (Å²) in [5.41, 5.74) is 1.17. The van der Waals surface area contributed by atoms with Gasteiger partial charge in [-0.15, -0.1) is 11.8 Å². The van der Waals surface area contributed by atoms with E-state index in [2.05, 4.69) is 28.3 Å². The van der Waals surface area contributed by atoms with Crippen LogP contribution in [0.25, 0.3) is 0 Å². The first-order chi connectivity index (χ1) is 9.85. The number of thioether (sulfide) groups is 1. The van der Waals surface area contributed by atoms with E-state index in [1.54, 1.807) is 37.5 Å². The highest BCUT2D eigenvalue weighted by atomic mass is 32.2. The summed E-state index contributed by atoms with van der Waals surface area (Å²) in [7, 11) is 1.71. The molecule has 2 aromatic rings. The minimum absolute atomic E-state index is 0.225. The average molecular weight is 289 g/mol. The fraction of sp³-hybridized carbons (Fsp3) is 0.333. The van der Waals surface area contributed by atoms with E-state index in [1.165, 1.54) is 5.56 Å². The second-order valence-electron chi connectivity index (χ2n) is 4.21. The van der Waals surface area contributed by atoms with Gasteiger partial charge in [-0.3, -0.25) is 4.98 Å². The van der Waals surface area contributed by atoms with E-state index in [0.29, 0.717) is 0 Å². The number of ether oxygens (including phenoxy) is 1. The van der Waals surface area contributed by atoms with Crippen LogP contribution in [0.3, 0.4) is 0 Å². The summed E-state index contributed by atoms with van der Waals surface area (Å²) in [6.45, 7) is 3.01. The number of hydrogen-bond acceptors (Lipinski definition) is 5. The van der Waals surface area contributed by atoms with Gasteiger partial charge in [0.25, 0.3) is 0 Å². The molecule has 0 aliphatic carbocycles. The molecule has 0 amide bonds. The van der Waals surface area contributed by atoms with E-state index < -0.39 is 0 Å². The molecule has 0 saturated heterocycles. The molecule has 0 radical (unpaired) electrons. The zero-order chi connectivity index (χ0) is 14.2. The number of nitrogens with one attached hydrogen (secondary N) is 1. The van der Waals surface area contributed by atoms with Gasteiger partial charge in [-0.05, 0) is 12.6 Å². The van der Waals surface area contributed by atoms with Gasteiger partial charge < -0.3 is 10.1 Å². The van der Waals surface area contributed by atoms with Crippen molar-refractivity contribution in [2.24, 2.45) is 0 Å². The zero-order valence-electron chi connectivity index (χ0n) is 11.7. The molecule has 0 fully saturated rings. The van der Waals surface area contributed by atoms with Gasteiger partial charge in [0, 0.05) is 29.8 Å². The van der Waals surface area contributed by atoms with Crippen molar-refractivity contribution in [1.29, 1.82) is 0 Å². The highest BCUT2D eigenvalue weighted by Gasteiger charge is 2.15. The number of aromatic nitrogens is 2. The lowest BCUT2D eigenvalue weighted by molar-refractivity contribution is 0.403. The van der Waals surface area contributed by atoms with Crippen LogP contribution in [0.15, 0.2) is 47.9 Å². The monoisotopic (exact) mass is 289 g/mol. The van der Waals surface area contributed by atoms with Gasteiger partial charge in [0.15, 0.2) is 0 Å². The van der Waals surface area contributed by atoms with Crippen LogP contribution in [0.5, 0.6) is 5.75 Å². The number of hydrogen-bond donors (Lipinski definition) is 1. The van der Waals surface area contributed by atoms with Crippen molar-refractivity contribution in [3.63, 3.8) is 0 Å². The Bertz CT molecular complexity index is 522. The van der Waals surface area contributed by atoms with Crippen LogP contribution >= 0.6 is 11.8 Å². The fourth-order valence-corrected chi connectivity index (χ4v) is 2.89. The molecule has 1 aromatic carbocycles. The molecule has 1 heterocycles. The predicted octanol–water partition coefficient (Wildman–Crippen LogP) is 2.93. The molecule has 1 aromatic heterocycles. The molecule has 1 unspecified atom stereocenters. The first-order valence-electron chi connectivity index (χ1n) is 6.60. The Hall–Kier alpha value is -1.59. The summed E-state index contributed by atoms with van der Waals surface area (Å²) in [4.78, 5) is 8.38. The summed E-state index contributed by atoms with van der Waals surface area (Å²) < 4.78 is 5.45. The molecule has 0 spiro atoms. The van der Waals surface area contributed by atoms with E-state index in [1.807, 2.05) is 18.2 Å². The van der Waals surface area contributed by atoms with Gasteiger partial charge in [0.05, 0.1) is 13.3 Å². The number of nitrogens with zero attached hydrogens (tertiary/aromatic N) is 2. The number of methoxy groups -OCH3 is 1. The molecule has 4 nitrogen and oxygen atoms in total. The van der Waals surface area contributed by atoms with E-state index >= 15 is 0 Å². The lowest BCUT2D eigenvalue weighted by atomic mass is 10.1. The summed E-state index contributed by atoms with van der Waals surface area (Å²) in [5.74, 6) is 1.80. The SMILES string of the molecule is CCNC(CSc1cnccn1)c1ccccc1OC. The number of benzene rings is 1. The Kier molecular flexibility index (Phi) is 5.83. The minimum Gasteiger partial charge on any atom is -0.496 e. The molecule has 1 atom stereocenters. The first-order valence-corrected chi connectivity index (χ1v) is 7.58.